The molecule has 12 heteroatoms. The largest absolute Gasteiger partial charge is 0.453 e. The Labute approximate surface area is 304 Å². The van der Waals surface area contributed by atoms with Crippen LogP contribution in [0.2, 0.25) is 0 Å². The normalized spacial score (nSPS) is 20.9. The Balaban J connectivity index is 1.04. The van der Waals surface area contributed by atoms with Crippen molar-refractivity contribution in [3.63, 3.8) is 0 Å². The fourth-order valence-corrected chi connectivity index (χ4v) is 7.64. The van der Waals surface area contributed by atoms with Crippen LogP contribution in [0.1, 0.15) is 77.7 Å². The summed E-state index contributed by atoms with van der Waals surface area (Å²) >= 11 is 0. The molecule has 1 unspecified atom stereocenters. The predicted molar refractivity (Wildman–Crippen MR) is 201 cm³/mol. The van der Waals surface area contributed by atoms with E-state index < -0.39 is 17.7 Å². The van der Waals surface area contributed by atoms with Gasteiger partial charge in [0.15, 0.2) is 0 Å². The van der Waals surface area contributed by atoms with E-state index in [2.05, 4.69) is 69.5 Å². The minimum Gasteiger partial charge on any atom is -0.453 e. The first kappa shape index (κ1) is 35.2. The van der Waals surface area contributed by atoms with E-state index in [0.29, 0.717) is 13.1 Å². The summed E-state index contributed by atoms with van der Waals surface area (Å²) in [5.74, 6) is 0.619. The van der Waals surface area contributed by atoms with Gasteiger partial charge in [-0.05, 0) is 104 Å². The average molecular weight is 708 g/mol. The first-order chi connectivity index (χ1) is 24.9. The molecule has 0 bridgehead atoms. The number of alkyl carbamates (subject to hydrolysis) is 1. The van der Waals surface area contributed by atoms with E-state index in [9.17, 15) is 14.4 Å². The Hall–Kier alpha value is -5.26. The SMILES string of the molecule is COC(=O)N[C@H](C(=O)N1CCC[C@H]1C1NC=C(c2ccc3cc(-c4ccc5nc([C@@H]6CCCN6C(=O)OC(C)(C)C)[nH]c5c4)ccc3c2)N1)C(C)C. The Kier molecular flexibility index (Phi) is 9.50. The van der Waals surface area contributed by atoms with Crippen LogP contribution in [-0.2, 0) is 14.3 Å². The van der Waals surface area contributed by atoms with Crippen molar-refractivity contribution < 1.29 is 23.9 Å². The molecule has 0 aliphatic carbocycles. The van der Waals surface area contributed by atoms with Crippen molar-refractivity contribution in [2.75, 3.05) is 20.2 Å². The van der Waals surface area contributed by atoms with Crippen molar-refractivity contribution in [1.82, 2.24) is 35.7 Å². The summed E-state index contributed by atoms with van der Waals surface area (Å²) in [6.07, 6.45) is 4.45. The Morgan fingerprint density at radius 2 is 1.58 bits per heavy atom. The highest BCUT2D eigenvalue weighted by atomic mass is 16.6. The second-order valence-corrected chi connectivity index (χ2v) is 15.4. The first-order valence-electron chi connectivity index (χ1n) is 18.3. The van der Waals surface area contributed by atoms with Crippen LogP contribution in [0.3, 0.4) is 0 Å². The van der Waals surface area contributed by atoms with Gasteiger partial charge in [-0.2, -0.15) is 0 Å². The number of benzene rings is 3. The molecule has 2 fully saturated rings. The fourth-order valence-electron chi connectivity index (χ4n) is 7.64. The number of rotatable bonds is 7. The lowest BCUT2D eigenvalue weighted by Crippen LogP contribution is -2.57. The molecule has 0 radical (unpaired) electrons. The van der Waals surface area contributed by atoms with Crippen molar-refractivity contribution in [3.8, 4) is 11.1 Å². The number of amides is 3. The molecule has 3 aromatic carbocycles. The maximum atomic E-state index is 13.6. The van der Waals surface area contributed by atoms with Gasteiger partial charge in [-0.3, -0.25) is 9.69 Å². The number of methoxy groups -OCH3 is 1. The fraction of sp³-hybridized carbons (Fsp3) is 0.450. The molecule has 0 spiro atoms. The zero-order chi connectivity index (χ0) is 36.7. The van der Waals surface area contributed by atoms with Crippen LogP contribution in [-0.4, -0.2) is 81.9 Å². The summed E-state index contributed by atoms with van der Waals surface area (Å²) in [4.78, 5) is 50.5. The highest BCUT2D eigenvalue weighted by molar-refractivity contribution is 5.92. The van der Waals surface area contributed by atoms with Crippen molar-refractivity contribution in [2.24, 2.45) is 5.92 Å². The lowest BCUT2D eigenvalue weighted by Gasteiger charge is -2.34. The zero-order valence-corrected chi connectivity index (χ0v) is 30.8. The number of hydrogen-bond acceptors (Lipinski definition) is 8. The quantitative estimate of drug-likeness (QED) is 0.168. The van der Waals surface area contributed by atoms with Crippen LogP contribution in [0.25, 0.3) is 38.6 Å². The van der Waals surface area contributed by atoms with E-state index >= 15 is 0 Å². The van der Waals surface area contributed by atoms with Gasteiger partial charge >= 0.3 is 12.2 Å². The summed E-state index contributed by atoms with van der Waals surface area (Å²) < 4.78 is 10.4. The molecule has 52 heavy (non-hydrogen) atoms. The summed E-state index contributed by atoms with van der Waals surface area (Å²) in [6.45, 7) is 10.8. The standard InChI is InChI=1S/C40H49N7O5/c1-23(2)34(45-38(49)51-6)37(48)46-17-7-9-32(46)35-41-22-31(44-35)28-14-13-24-19-25(11-12-26(24)20-28)27-15-16-29-30(21-27)43-36(42-29)33-10-8-18-47(33)39(50)52-40(3,4)5/h11-16,19-23,32-35,41,44H,7-10,17-18H2,1-6H3,(H,42,43)(H,45,49)/t32-,33-,34-,35?/m0/s1. The number of H-pyrrole nitrogens is 1. The molecule has 274 valence electrons. The summed E-state index contributed by atoms with van der Waals surface area (Å²) in [6, 6.07) is 18.3. The van der Waals surface area contributed by atoms with Crippen LogP contribution < -0.4 is 16.0 Å². The van der Waals surface area contributed by atoms with Gasteiger partial charge in [-0.15, -0.1) is 0 Å². The number of nitrogens with one attached hydrogen (secondary N) is 4. The maximum Gasteiger partial charge on any atom is 0.410 e. The number of aromatic amines is 1. The third-order valence-corrected chi connectivity index (χ3v) is 10.3. The van der Waals surface area contributed by atoms with Crippen molar-refractivity contribution >= 4 is 45.6 Å². The van der Waals surface area contributed by atoms with Gasteiger partial charge in [0, 0.05) is 19.3 Å². The minimum atomic E-state index is -0.653. The van der Waals surface area contributed by atoms with E-state index in [1.165, 1.54) is 7.11 Å². The predicted octanol–water partition coefficient (Wildman–Crippen LogP) is 6.64. The number of ether oxygens (including phenoxy) is 2. The molecule has 3 aliphatic rings. The topological polar surface area (TPSA) is 141 Å². The summed E-state index contributed by atoms with van der Waals surface area (Å²) in [5, 5.41) is 12.1. The van der Waals surface area contributed by atoms with Gasteiger partial charge in [0.25, 0.3) is 0 Å². The minimum absolute atomic E-state index is 0.0599. The van der Waals surface area contributed by atoms with E-state index in [1.54, 1.807) is 4.90 Å². The molecule has 3 aliphatic heterocycles. The summed E-state index contributed by atoms with van der Waals surface area (Å²) in [5.41, 5.74) is 5.45. The number of hydrogen-bond donors (Lipinski definition) is 4. The van der Waals surface area contributed by atoms with Crippen molar-refractivity contribution in [3.05, 3.63) is 72.2 Å². The van der Waals surface area contributed by atoms with E-state index in [1.807, 2.05) is 51.8 Å². The molecule has 3 amide bonds. The Bertz CT molecular complexity index is 2030. The van der Waals surface area contributed by atoms with Gasteiger partial charge < -0.3 is 35.3 Å². The van der Waals surface area contributed by atoms with Gasteiger partial charge in [-0.1, -0.05) is 44.2 Å². The number of nitrogens with zero attached hydrogens (tertiary/aromatic N) is 3. The zero-order valence-electron chi connectivity index (χ0n) is 30.8. The van der Waals surface area contributed by atoms with Crippen molar-refractivity contribution in [1.29, 1.82) is 0 Å². The van der Waals surface area contributed by atoms with Gasteiger partial charge in [-0.25, -0.2) is 14.6 Å². The molecular formula is C40H49N7O5. The van der Waals surface area contributed by atoms with Crippen LogP contribution >= 0.6 is 0 Å². The molecule has 4 N–H and O–H groups in total. The number of imidazole rings is 1. The lowest BCUT2D eigenvalue weighted by atomic mass is 9.99. The van der Waals surface area contributed by atoms with Gasteiger partial charge in [0.2, 0.25) is 5.91 Å². The second-order valence-electron chi connectivity index (χ2n) is 15.4. The molecular weight excluding hydrogens is 658 g/mol. The van der Waals surface area contributed by atoms with Crippen LogP contribution in [0.4, 0.5) is 9.59 Å². The summed E-state index contributed by atoms with van der Waals surface area (Å²) in [7, 11) is 1.30. The smallest absolute Gasteiger partial charge is 0.410 e. The number of fused-ring (bicyclic) bond motifs is 2. The van der Waals surface area contributed by atoms with Gasteiger partial charge in [0.05, 0.1) is 35.9 Å². The average Bonchev–Trinajstić information content (AvgIpc) is 3.94. The van der Waals surface area contributed by atoms with Crippen LogP contribution in [0.5, 0.6) is 0 Å². The van der Waals surface area contributed by atoms with Crippen LogP contribution in [0.15, 0.2) is 60.8 Å². The molecule has 4 heterocycles. The van der Waals surface area contributed by atoms with E-state index in [-0.39, 0.29) is 36.2 Å². The maximum absolute atomic E-state index is 13.6. The molecule has 4 aromatic rings. The molecule has 7 rings (SSSR count). The Morgan fingerprint density at radius 1 is 0.904 bits per heavy atom. The molecule has 1 aromatic heterocycles. The molecule has 12 nitrogen and oxygen atoms in total. The third kappa shape index (κ3) is 7.11. The number of likely N-dealkylation sites (tertiary alicyclic amines) is 2. The lowest BCUT2D eigenvalue weighted by molar-refractivity contribution is -0.135. The third-order valence-electron chi connectivity index (χ3n) is 10.3. The number of carbonyl (C=O) groups excluding carboxylic acids is 3. The second kappa shape index (κ2) is 14.0. The molecule has 0 saturated carbocycles. The monoisotopic (exact) mass is 707 g/mol. The Morgan fingerprint density at radius 3 is 2.31 bits per heavy atom. The first-order valence-corrected chi connectivity index (χ1v) is 18.3. The molecule has 2 saturated heterocycles. The van der Waals surface area contributed by atoms with Crippen molar-refractivity contribution in [2.45, 2.75) is 90.2 Å². The highest BCUT2D eigenvalue weighted by Crippen LogP contribution is 2.35. The van der Waals surface area contributed by atoms with E-state index in [4.69, 9.17) is 14.5 Å². The molecule has 4 atom stereocenters. The van der Waals surface area contributed by atoms with Gasteiger partial charge in [0.1, 0.15) is 23.6 Å². The number of carbonyl (C=O) groups is 3. The number of aromatic nitrogens is 2. The highest BCUT2D eigenvalue weighted by Gasteiger charge is 2.40. The van der Waals surface area contributed by atoms with Crippen LogP contribution in [0, 0.1) is 5.92 Å². The van der Waals surface area contributed by atoms with E-state index in [0.717, 1.165) is 75.7 Å².